The minimum atomic E-state index is -0.0260. The van der Waals surface area contributed by atoms with Crippen molar-refractivity contribution in [2.75, 3.05) is 0 Å². The van der Waals surface area contributed by atoms with E-state index in [2.05, 4.69) is 5.16 Å². The van der Waals surface area contributed by atoms with Gasteiger partial charge in [0.05, 0.1) is 5.56 Å². The molecule has 0 bridgehead atoms. The Bertz CT molecular complexity index is 297. The summed E-state index contributed by atoms with van der Waals surface area (Å²) in [4.78, 5) is 11.1. The van der Waals surface area contributed by atoms with Crippen LogP contribution in [0.25, 0.3) is 0 Å². The quantitative estimate of drug-likeness (QED) is 0.570. The van der Waals surface area contributed by atoms with Crippen LogP contribution >= 0.6 is 0 Å². The summed E-state index contributed by atoms with van der Waals surface area (Å²) >= 11 is 0. The van der Waals surface area contributed by atoms with Crippen LogP contribution in [0.1, 0.15) is 30.6 Å². The van der Waals surface area contributed by atoms with Crippen molar-refractivity contribution >= 4 is 0 Å². The van der Waals surface area contributed by atoms with Gasteiger partial charge in [0.15, 0.2) is 0 Å². The van der Waals surface area contributed by atoms with E-state index in [1.165, 1.54) is 6.42 Å². The molecule has 0 atom stereocenters. The summed E-state index contributed by atoms with van der Waals surface area (Å²) in [7, 11) is 0. The Kier molecular flexibility index (Phi) is 1.56. The predicted molar refractivity (Wildman–Crippen MR) is 40.6 cm³/mol. The van der Waals surface area contributed by atoms with Crippen molar-refractivity contribution in [3.8, 4) is 0 Å². The number of hydrogen-bond donors (Lipinski definition) is 1. The summed E-state index contributed by atoms with van der Waals surface area (Å²) in [6.45, 7) is 0. The van der Waals surface area contributed by atoms with E-state index in [1.54, 1.807) is 0 Å². The van der Waals surface area contributed by atoms with Crippen LogP contribution in [0.15, 0.2) is 9.32 Å². The monoisotopic (exact) mass is 153 g/mol. The van der Waals surface area contributed by atoms with E-state index >= 15 is 0 Å². The lowest BCUT2D eigenvalue weighted by Crippen LogP contribution is -2.05. The Morgan fingerprint density at radius 2 is 2.00 bits per heavy atom. The molecule has 3 nitrogen and oxygen atoms in total. The van der Waals surface area contributed by atoms with Crippen LogP contribution in [-0.4, -0.2) is 5.16 Å². The Morgan fingerprint density at radius 3 is 2.91 bits per heavy atom. The van der Waals surface area contributed by atoms with E-state index in [1.807, 2.05) is 0 Å². The molecule has 0 saturated carbocycles. The van der Waals surface area contributed by atoms with Crippen molar-refractivity contribution in [2.24, 2.45) is 0 Å². The number of rotatable bonds is 0. The highest BCUT2D eigenvalue weighted by molar-refractivity contribution is 5.15. The van der Waals surface area contributed by atoms with Gasteiger partial charge in [0.2, 0.25) is 0 Å². The molecule has 60 valence electrons. The molecule has 0 unspecified atom stereocenters. The first-order valence-corrected chi connectivity index (χ1v) is 4.07. The van der Waals surface area contributed by atoms with E-state index in [0.29, 0.717) is 0 Å². The van der Waals surface area contributed by atoms with Gasteiger partial charge < -0.3 is 4.52 Å². The molecule has 0 spiro atoms. The Morgan fingerprint density at radius 1 is 1.18 bits per heavy atom. The van der Waals surface area contributed by atoms with Crippen molar-refractivity contribution in [1.29, 1.82) is 0 Å². The Balaban J connectivity index is 2.43. The maximum atomic E-state index is 11.1. The van der Waals surface area contributed by atoms with Gasteiger partial charge in [-0.1, -0.05) is 6.42 Å². The van der Waals surface area contributed by atoms with Crippen molar-refractivity contribution in [3.63, 3.8) is 0 Å². The SMILES string of the molecule is O=c1[nH]oc2c1CCCCC2. The largest absolute Gasteiger partial charge is 0.383 e. The number of hydrogen-bond acceptors (Lipinski definition) is 2. The van der Waals surface area contributed by atoms with Gasteiger partial charge in [-0.25, -0.2) is 0 Å². The molecule has 1 heterocycles. The molecule has 0 saturated heterocycles. The molecule has 0 radical (unpaired) electrons. The van der Waals surface area contributed by atoms with E-state index in [9.17, 15) is 4.79 Å². The van der Waals surface area contributed by atoms with Crippen LogP contribution in [0.5, 0.6) is 0 Å². The van der Waals surface area contributed by atoms with E-state index in [0.717, 1.165) is 37.0 Å². The number of aryl methyl sites for hydroxylation is 1. The third-order valence-electron chi connectivity index (χ3n) is 2.21. The van der Waals surface area contributed by atoms with E-state index in [4.69, 9.17) is 4.52 Å². The lowest BCUT2D eigenvalue weighted by atomic mass is 10.2. The summed E-state index contributed by atoms with van der Waals surface area (Å²) in [6.07, 6.45) is 5.29. The standard InChI is InChI=1S/C8H11NO2/c10-8-6-4-2-1-3-5-7(6)11-9-8/h1-5H2,(H,9,10). The highest BCUT2D eigenvalue weighted by Crippen LogP contribution is 2.16. The second kappa shape index (κ2) is 2.57. The normalized spacial score (nSPS) is 17.5. The van der Waals surface area contributed by atoms with E-state index < -0.39 is 0 Å². The van der Waals surface area contributed by atoms with Gasteiger partial charge in [0.25, 0.3) is 5.56 Å². The van der Waals surface area contributed by atoms with Gasteiger partial charge in [-0.05, 0) is 19.3 Å². The summed E-state index contributed by atoms with van der Waals surface area (Å²) in [6, 6.07) is 0. The van der Waals surface area contributed by atoms with Gasteiger partial charge >= 0.3 is 0 Å². The summed E-state index contributed by atoms with van der Waals surface area (Å²) in [5.74, 6) is 0.882. The van der Waals surface area contributed by atoms with Gasteiger partial charge in [-0.15, -0.1) is 0 Å². The number of nitrogens with one attached hydrogen (secondary N) is 1. The van der Waals surface area contributed by atoms with Crippen LogP contribution in [0.3, 0.4) is 0 Å². The van der Waals surface area contributed by atoms with Gasteiger partial charge in [-0.2, -0.15) is 5.16 Å². The summed E-state index contributed by atoms with van der Waals surface area (Å²) in [5, 5.41) is 2.38. The zero-order valence-electron chi connectivity index (χ0n) is 6.35. The smallest absolute Gasteiger partial charge is 0.283 e. The van der Waals surface area contributed by atoms with Gasteiger partial charge in [0.1, 0.15) is 5.76 Å². The number of aromatic nitrogens is 1. The second-order valence-electron chi connectivity index (χ2n) is 3.00. The molecule has 0 aliphatic heterocycles. The molecule has 1 aromatic heterocycles. The molecule has 2 rings (SSSR count). The lowest BCUT2D eigenvalue weighted by Gasteiger charge is -1.88. The predicted octanol–water partition coefficient (Wildman–Crippen LogP) is 1.24. The third kappa shape index (κ3) is 1.11. The van der Waals surface area contributed by atoms with Crippen molar-refractivity contribution < 1.29 is 4.52 Å². The molecule has 1 aliphatic carbocycles. The number of H-pyrrole nitrogens is 1. The highest BCUT2D eigenvalue weighted by Gasteiger charge is 2.14. The van der Waals surface area contributed by atoms with Crippen LogP contribution in [0.2, 0.25) is 0 Å². The first kappa shape index (κ1) is 6.70. The average molecular weight is 153 g/mol. The Labute approximate surface area is 64.4 Å². The molecular formula is C8H11NO2. The summed E-state index contributed by atoms with van der Waals surface area (Å²) in [5.41, 5.74) is 0.851. The van der Waals surface area contributed by atoms with Crippen LogP contribution in [-0.2, 0) is 12.8 Å². The molecule has 1 N–H and O–H groups in total. The number of aromatic amines is 1. The molecule has 0 amide bonds. The van der Waals surface area contributed by atoms with Gasteiger partial charge in [-0.3, -0.25) is 4.79 Å². The maximum absolute atomic E-state index is 11.1. The maximum Gasteiger partial charge on any atom is 0.283 e. The zero-order valence-corrected chi connectivity index (χ0v) is 6.35. The first-order valence-electron chi connectivity index (χ1n) is 4.07. The van der Waals surface area contributed by atoms with Crippen LogP contribution < -0.4 is 5.56 Å². The molecule has 11 heavy (non-hydrogen) atoms. The molecule has 1 aliphatic rings. The third-order valence-corrected chi connectivity index (χ3v) is 2.21. The highest BCUT2D eigenvalue weighted by atomic mass is 16.5. The summed E-state index contributed by atoms with van der Waals surface area (Å²) < 4.78 is 5.03. The van der Waals surface area contributed by atoms with Crippen LogP contribution in [0.4, 0.5) is 0 Å². The average Bonchev–Trinajstić information content (AvgIpc) is 2.25. The van der Waals surface area contributed by atoms with Crippen molar-refractivity contribution in [1.82, 2.24) is 5.16 Å². The molecule has 3 heteroatoms. The second-order valence-corrected chi connectivity index (χ2v) is 3.00. The van der Waals surface area contributed by atoms with Crippen molar-refractivity contribution in [2.45, 2.75) is 32.1 Å². The topological polar surface area (TPSA) is 46.0 Å². The fourth-order valence-electron chi connectivity index (χ4n) is 1.58. The van der Waals surface area contributed by atoms with Crippen LogP contribution in [0, 0.1) is 0 Å². The number of fused-ring (bicyclic) bond motifs is 1. The minimum absolute atomic E-state index is 0.0260. The molecular weight excluding hydrogens is 142 g/mol. The first-order chi connectivity index (χ1) is 5.38. The lowest BCUT2D eigenvalue weighted by molar-refractivity contribution is 0.376. The molecule has 1 aromatic rings. The molecule has 0 aromatic carbocycles. The fraction of sp³-hybridized carbons (Fsp3) is 0.625. The van der Waals surface area contributed by atoms with Crippen molar-refractivity contribution in [3.05, 3.63) is 21.7 Å². The zero-order chi connectivity index (χ0) is 7.68. The minimum Gasteiger partial charge on any atom is -0.383 e. The fourth-order valence-corrected chi connectivity index (χ4v) is 1.58. The Hall–Kier alpha value is -0.990. The molecule has 0 fully saturated rings. The van der Waals surface area contributed by atoms with Gasteiger partial charge in [0, 0.05) is 6.42 Å². The van der Waals surface area contributed by atoms with E-state index in [-0.39, 0.29) is 5.56 Å².